The second kappa shape index (κ2) is 11.6. The molecule has 7 nitrogen and oxygen atoms in total. The van der Waals surface area contributed by atoms with Gasteiger partial charge in [-0.3, -0.25) is 4.79 Å². The number of furan rings is 1. The molecule has 0 spiro atoms. The Morgan fingerprint density at radius 1 is 1.00 bits per heavy atom. The first kappa shape index (κ1) is 25.8. The van der Waals surface area contributed by atoms with Gasteiger partial charge in [0.25, 0.3) is 0 Å². The van der Waals surface area contributed by atoms with Crippen molar-refractivity contribution in [3.05, 3.63) is 98.1 Å². The summed E-state index contributed by atoms with van der Waals surface area (Å²) in [5.74, 6) is 1.65. The van der Waals surface area contributed by atoms with Gasteiger partial charge in [-0.05, 0) is 119 Å². The van der Waals surface area contributed by atoms with Gasteiger partial charge >= 0.3 is 5.91 Å². The molecular weight excluding hydrogens is 590 g/mol. The van der Waals surface area contributed by atoms with E-state index in [1.54, 1.807) is 12.1 Å². The Balaban J connectivity index is 1.31. The zero-order valence-corrected chi connectivity index (χ0v) is 23.2. The second-order valence-electron chi connectivity index (χ2n) is 7.95. The number of halogens is 2. The SMILES string of the molecule is CCOc1c(Br)cc(/C=N/NC(=O)c2ccc(COc3ccc(-n4c(C)ccc4C)cc3)o2)cc1Br. The average Bonchev–Trinajstić information content (AvgIpc) is 3.47. The van der Waals surface area contributed by atoms with Gasteiger partial charge < -0.3 is 18.5 Å². The molecule has 0 aliphatic heterocycles. The number of benzene rings is 2. The van der Waals surface area contributed by atoms with Gasteiger partial charge in [0.1, 0.15) is 23.9 Å². The van der Waals surface area contributed by atoms with Crippen LogP contribution in [0.3, 0.4) is 0 Å². The monoisotopic (exact) mass is 613 g/mol. The molecule has 0 saturated heterocycles. The molecular formula is C27H25Br2N3O4. The molecule has 4 aromatic rings. The van der Waals surface area contributed by atoms with E-state index in [0.717, 1.165) is 20.2 Å². The minimum Gasteiger partial charge on any atom is -0.492 e. The first-order valence-corrected chi connectivity index (χ1v) is 12.9. The quantitative estimate of drug-likeness (QED) is 0.163. The number of aromatic nitrogens is 1. The maximum Gasteiger partial charge on any atom is 0.307 e. The van der Waals surface area contributed by atoms with Gasteiger partial charge in [-0.1, -0.05) is 0 Å². The fourth-order valence-corrected chi connectivity index (χ4v) is 5.11. The van der Waals surface area contributed by atoms with Crippen LogP contribution in [0.2, 0.25) is 0 Å². The molecule has 4 rings (SSSR count). The summed E-state index contributed by atoms with van der Waals surface area (Å²) in [4.78, 5) is 12.4. The minimum atomic E-state index is -0.455. The molecule has 0 unspecified atom stereocenters. The molecule has 0 atom stereocenters. The van der Waals surface area contributed by atoms with E-state index in [9.17, 15) is 4.79 Å². The molecule has 0 bridgehead atoms. The molecule has 9 heteroatoms. The van der Waals surface area contributed by atoms with Crippen molar-refractivity contribution in [3.8, 4) is 17.2 Å². The molecule has 0 saturated carbocycles. The van der Waals surface area contributed by atoms with Gasteiger partial charge in [-0.15, -0.1) is 0 Å². The van der Waals surface area contributed by atoms with Crippen molar-refractivity contribution in [3.63, 3.8) is 0 Å². The lowest BCUT2D eigenvalue weighted by Gasteiger charge is -2.10. The summed E-state index contributed by atoms with van der Waals surface area (Å²) >= 11 is 6.95. The summed E-state index contributed by atoms with van der Waals surface area (Å²) < 4.78 is 20.8. The summed E-state index contributed by atoms with van der Waals surface area (Å²) in [5, 5.41) is 4.02. The summed E-state index contributed by atoms with van der Waals surface area (Å²) in [7, 11) is 0. The Bertz CT molecular complexity index is 1350. The van der Waals surface area contributed by atoms with Gasteiger partial charge in [0.15, 0.2) is 5.76 Å². The fraction of sp³-hybridized carbons (Fsp3) is 0.185. The Morgan fingerprint density at radius 2 is 1.67 bits per heavy atom. The molecule has 2 aromatic carbocycles. The van der Waals surface area contributed by atoms with Crippen LogP contribution in [0.4, 0.5) is 0 Å². The Morgan fingerprint density at radius 3 is 2.31 bits per heavy atom. The van der Waals surface area contributed by atoms with Gasteiger partial charge in [0.2, 0.25) is 0 Å². The van der Waals surface area contributed by atoms with Crippen LogP contribution in [0.15, 0.2) is 79.1 Å². The smallest absolute Gasteiger partial charge is 0.307 e. The van der Waals surface area contributed by atoms with E-state index in [4.69, 9.17) is 13.9 Å². The van der Waals surface area contributed by atoms with Crippen LogP contribution in [-0.2, 0) is 6.61 Å². The number of amides is 1. The van der Waals surface area contributed by atoms with E-state index in [0.29, 0.717) is 23.9 Å². The summed E-state index contributed by atoms with van der Waals surface area (Å²) in [5.41, 5.74) is 6.67. The maximum absolute atomic E-state index is 12.4. The number of hydrazone groups is 1. The van der Waals surface area contributed by atoms with Crippen molar-refractivity contribution in [2.45, 2.75) is 27.4 Å². The maximum atomic E-state index is 12.4. The summed E-state index contributed by atoms with van der Waals surface area (Å²) in [6.45, 7) is 6.82. The van der Waals surface area contributed by atoms with Crippen LogP contribution in [0.25, 0.3) is 5.69 Å². The standard InChI is InChI=1S/C27H25Br2N3O4/c1-4-34-26-23(28)13-19(14-24(26)29)15-30-31-27(33)25-12-11-22(36-25)16-35-21-9-7-20(8-10-21)32-17(2)5-6-18(32)3/h5-15H,4,16H2,1-3H3,(H,31,33)/b30-15+. The van der Waals surface area contributed by atoms with Gasteiger partial charge in [0, 0.05) is 17.1 Å². The Hall–Kier alpha value is -3.30. The molecule has 0 fully saturated rings. The molecule has 2 heterocycles. The van der Waals surface area contributed by atoms with Crippen LogP contribution in [0.1, 0.15) is 40.2 Å². The number of aryl methyl sites for hydroxylation is 2. The molecule has 0 aliphatic carbocycles. The van der Waals surface area contributed by atoms with E-state index in [1.807, 2.05) is 43.3 Å². The third-order valence-corrected chi connectivity index (χ3v) is 6.50. The number of hydrogen-bond donors (Lipinski definition) is 1. The molecule has 2 aromatic heterocycles. The summed E-state index contributed by atoms with van der Waals surface area (Å²) in [6.07, 6.45) is 1.54. The molecule has 186 valence electrons. The molecule has 1 N–H and O–H groups in total. The Kier molecular flexibility index (Phi) is 8.32. The van der Waals surface area contributed by atoms with E-state index in [2.05, 4.69) is 72.9 Å². The van der Waals surface area contributed by atoms with Crippen molar-refractivity contribution in [2.75, 3.05) is 6.61 Å². The van der Waals surface area contributed by atoms with Crippen LogP contribution in [0.5, 0.6) is 11.5 Å². The first-order valence-electron chi connectivity index (χ1n) is 11.3. The third kappa shape index (κ3) is 6.09. The van der Waals surface area contributed by atoms with Gasteiger partial charge in [-0.25, -0.2) is 5.43 Å². The number of carbonyl (C=O) groups is 1. The fourth-order valence-electron chi connectivity index (χ4n) is 3.66. The molecule has 1 amide bonds. The number of nitrogens with zero attached hydrogens (tertiary/aromatic N) is 2. The largest absolute Gasteiger partial charge is 0.492 e. The zero-order valence-electron chi connectivity index (χ0n) is 20.0. The lowest BCUT2D eigenvalue weighted by Crippen LogP contribution is -2.16. The van der Waals surface area contributed by atoms with E-state index >= 15 is 0 Å². The molecule has 36 heavy (non-hydrogen) atoms. The van der Waals surface area contributed by atoms with E-state index < -0.39 is 5.91 Å². The van der Waals surface area contributed by atoms with Crippen molar-refractivity contribution in [2.24, 2.45) is 5.10 Å². The third-order valence-electron chi connectivity index (χ3n) is 5.32. The second-order valence-corrected chi connectivity index (χ2v) is 9.65. The number of rotatable bonds is 9. The number of hydrogen-bond acceptors (Lipinski definition) is 5. The van der Waals surface area contributed by atoms with Crippen LogP contribution < -0.4 is 14.9 Å². The highest BCUT2D eigenvalue weighted by atomic mass is 79.9. The number of carbonyl (C=O) groups excluding carboxylic acids is 1. The van der Waals surface area contributed by atoms with Crippen molar-refractivity contribution >= 4 is 44.0 Å². The van der Waals surface area contributed by atoms with Crippen molar-refractivity contribution in [1.29, 1.82) is 0 Å². The van der Waals surface area contributed by atoms with Crippen LogP contribution in [0, 0.1) is 13.8 Å². The first-order chi connectivity index (χ1) is 17.4. The van der Waals surface area contributed by atoms with E-state index in [-0.39, 0.29) is 12.4 Å². The number of ether oxygens (including phenoxy) is 2. The topological polar surface area (TPSA) is 78.0 Å². The van der Waals surface area contributed by atoms with Gasteiger partial charge in [0.05, 0.1) is 21.8 Å². The summed E-state index contributed by atoms with van der Waals surface area (Å²) in [6, 6.07) is 19.0. The average molecular weight is 615 g/mol. The predicted octanol–water partition coefficient (Wildman–Crippen LogP) is 6.95. The molecule has 0 aliphatic rings. The van der Waals surface area contributed by atoms with Crippen molar-refractivity contribution < 1.29 is 18.7 Å². The Labute approximate surface area is 226 Å². The highest BCUT2D eigenvalue weighted by Crippen LogP contribution is 2.34. The lowest BCUT2D eigenvalue weighted by molar-refractivity contribution is 0.0923. The van der Waals surface area contributed by atoms with E-state index in [1.165, 1.54) is 17.6 Å². The van der Waals surface area contributed by atoms with Crippen molar-refractivity contribution in [1.82, 2.24) is 9.99 Å². The van der Waals surface area contributed by atoms with Crippen LogP contribution in [-0.4, -0.2) is 23.3 Å². The predicted molar refractivity (Wildman–Crippen MR) is 146 cm³/mol. The highest BCUT2D eigenvalue weighted by Gasteiger charge is 2.12. The highest BCUT2D eigenvalue weighted by molar-refractivity contribution is 9.11. The van der Waals surface area contributed by atoms with Gasteiger partial charge in [-0.2, -0.15) is 5.10 Å². The normalized spacial score (nSPS) is 11.1. The van der Waals surface area contributed by atoms with Crippen LogP contribution >= 0.6 is 31.9 Å². The lowest BCUT2D eigenvalue weighted by atomic mass is 10.2. The molecule has 0 radical (unpaired) electrons. The number of nitrogens with one attached hydrogen (secondary N) is 1. The zero-order chi connectivity index (χ0) is 25.7. The minimum absolute atomic E-state index is 0.147.